The van der Waals surface area contributed by atoms with Crippen LogP contribution >= 0.6 is 11.9 Å². The van der Waals surface area contributed by atoms with E-state index in [9.17, 15) is 22.8 Å². The number of hydrogen-bond acceptors (Lipinski definition) is 4. The number of carbonyl (C=O) groups excluding carboxylic acids is 2. The molecule has 4 N–H and O–H groups in total. The zero-order chi connectivity index (χ0) is 18.3. The second kappa shape index (κ2) is 8.29. The van der Waals surface area contributed by atoms with Crippen molar-refractivity contribution in [3.8, 4) is 0 Å². The molecule has 0 aliphatic rings. The highest BCUT2D eigenvalue weighted by molar-refractivity contribution is 7.98. The van der Waals surface area contributed by atoms with Crippen LogP contribution in [0.4, 0.5) is 29.3 Å². The molecule has 2 aromatic carbocycles. The molecule has 6 nitrogen and oxygen atoms in total. The molecule has 0 unspecified atom stereocenters. The highest BCUT2D eigenvalue weighted by Crippen LogP contribution is 2.18. The van der Waals surface area contributed by atoms with Gasteiger partial charge in [-0.2, -0.15) is 13.2 Å². The van der Waals surface area contributed by atoms with Gasteiger partial charge >= 0.3 is 18.1 Å². The van der Waals surface area contributed by atoms with Crippen LogP contribution in [0.25, 0.3) is 0 Å². The number of anilines is 2. The van der Waals surface area contributed by atoms with E-state index in [0.29, 0.717) is 10.6 Å². The maximum atomic E-state index is 12.0. The van der Waals surface area contributed by atoms with Crippen molar-refractivity contribution in [2.24, 2.45) is 0 Å². The molecule has 0 aromatic heterocycles. The summed E-state index contributed by atoms with van der Waals surface area (Å²) in [5.41, 5.74) is 4.58. The molecule has 2 rings (SSSR count). The zero-order valence-corrected chi connectivity index (χ0v) is 13.4. The number of benzene rings is 2. The van der Waals surface area contributed by atoms with Crippen LogP contribution < -0.4 is 20.9 Å². The third-order valence-corrected chi connectivity index (χ3v) is 3.52. The van der Waals surface area contributed by atoms with E-state index in [1.807, 2.05) is 6.07 Å². The SMILES string of the molecule is O=C(NSc1ccc(NNC(=O)C(F)(F)F)cc1)Nc1ccccc1. The van der Waals surface area contributed by atoms with Crippen LogP contribution in [0.5, 0.6) is 0 Å². The number of nitrogens with one attached hydrogen (secondary N) is 4. The van der Waals surface area contributed by atoms with Crippen molar-refractivity contribution in [1.82, 2.24) is 10.1 Å². The molecule has 2 aromatic rings. The largest absolute Gasteiger partial charge is 0.472 e. The van der Waals surface area contributed by atoms with E-state index in [1.54, 1.807) is 36.4 Å². The monoisotopic (exact) mass is 370 g/mol. The molecule has 25 heavy (non-hydrogen) atoms. The summed E-state index contributed by atoms with van der Waals surface area (Å²) >= 11 is 1.03. The van der Waals surface area contributed by atoms with Gasteiger partial charge < -0.3 is 5.32 Å². The Morgan fingerprint density at radius 1 is 0.880 bits per heavy atom. The minimum atomic E-state index is -4.96. The Morgan fingerprint density at radius 3 is 2.12 bits per heavy atom. The second-order valence-corrected chi connectivity index (χ2v) is 5.51. The molecule has 132 valence electrons. The fourth-order valence-electron chi connectivity index (χ4n) is 1.59. The highest BCUT2D eigenvalue weighted by atomic mass is 32.2. The summed E-state index contributed by atoms with van der Waals surface area (Å²) in [6, 6.07) is 14.5. The van der Waals surface area contributed by atoms with Gasteiger partial charge in [0.2, 0.25) is 0 Å². The third-order valence-electron chi connectivity index (χ3n) is 2.73. The summed E-state index contributed by atoms with van der Waals surface area (Å²) in [5, 5.41) is 2.63. The molecule has 0 radical (unpaired) electrons. The molecule has 3 amide bonds. The maximum Gasteiger partial charge on any atom is 0.472 e. The Bertz CT molecular complexity index is 724. The zero-order valence-electron chi connectivity index (χ0n) is 12.6. The van der Waals surface area contributed by atoms with Crippen molar-refractivity contribution in [2.45, 2.75) is 11.1 Å². The average Bonchev–Trinajstić information content (AvgIpc) is 2.59. The smallest absolute Gasteiger partial charge is 0.307 e. The van der Waals surface area contributed by atoms with Crippen LogP contribution in [0, 0.1) is 0 Å². The molecule has 0 saturated carbocycles. The highest BCUT2D eigenvalue weighted by Gasteiger charge is 2.38. The second-order valence-electron chi connectivity index (χ2n) is 4.63. The Morgan fingerprint density at radius 2 is 1.52 bits per heavy atom. The van der Waals surface area contributed by atoms with Crippen molar-refractivity contribution in [1.29, 1.82) is 0 Å². The number of rotatable bonds is 5. The van der Waals surface area contributed by atoms with E-state index in [-0.39, 0.29) is 5.69 Å². The van der Waals surface area contributed by atoms with Gasteiger partial charge in [-0.05, 0) is 48.3 Å². The van der Waals surface area contributed by atoms with Crippen molar-refractivity contribution >= 4 is 35.3 Å². The van der Waals surface area contributed by atoms with E-state index in [4.69, 9.17) is 0 Å². The van der Waals surface area contributed by atoms with Crippen LogP contribution in [0.2, 0.25) is 0 Å². The van der Waals surface area contributed by atoms with E-state index < -0.39 is 18.1 Å². The maximum absolute atomic E-state index is 12.0. The first-order chi connectivity index (χ1) is 11.8. The predicted octanol–water partition coefficient (Wildman–Crippen LogP) is 3.52. The molecular weight excluding hydrogens is 357 g/mol. The quantitative estimate of drug-likeness (QED) is 0.479. The van der Waals surface area contributed by atoms with E-state index in [2.05, 4.69) is 15.5 Å². The van der Waals surface area contributed by atoms with Gasteiger partial charge in [0, 0.05) is 10.6 Å². The van der Waals surface area contributed by atoms with Crippen molar-refractivity contribution in [3.05, 3.63) is 54.6 Å². The van der Waals surface area contributed by atoms with Gasteiger partial charge in [0.05, 0.1) is 5.69 Å². The first-order valence-electron chi connectivity index (χ1n) is 6.87. The van der Waals surface area contributed by atoms with Crippen molar-refractivity contribution < 1.29 is 22.8 Å². The van der Waals surface area contributed by atoms with Gasteiger partial charge in [-0.1, -0.05) is 18.2 Å². The van der Waals surface area contributed by atoms with Crippen molar-refractivity contribution in [2.75, 3.05) is 10.7 Å². The number of halogens is 3. The summed E-state index contributed by atoms with van der Waals surface area (Å²) in [4.78, 5) is 23.0. The van der Waals surface area contributed by atoms with Gasteiger partial charge in [0.25, 0.3) is 0 Å². The fourth-order valence-corrected chi connectivity index (χ4v) is 2.12. The minimum Gasteiger partial charge on any atom is -0.307 e. The van der Waals surface area contributed by atoms with Gasteiger partial charge in [0.1, 0.15) is 0 Å². The number of urea groups is 1. The van der Waals surface area contributed by atoms with Gasteiger partial charge in [-0.3, -0.25) is 20.4 Å². The molecule has 10 heteroatoms. The molecule has 0 aliphatic carbocycles. The number of amides is 3. The van der Waals surface area contributed by atoms with Crippen molar-refractivity contribution in [3.63, 3.8) is 0 Å². The number of alkyl halides is 3. The Hall–Kier alpha value is -2.88. The number of hydrazine groups is 1. The molecule has 0 bridgehead atoms. The Labute approximate surface area is 145 Å². The van der Waals surface area contributed by atoms with E-state index >= 15 is 0 Å². The van der Waals surface area contributed by atoms with Crippen LogP contribution in [-0.4, -0.2) is 18.1 Å². The molecule has 0 aliphatic heterocycles. The molecule has 0 atom stereocenters. The molecule has 0 spiro atoms. The lowest BCUT2D eigenvalue weighted by Gasteiger charge is -2.11. The third kappa shape index (κ3) is 6.26. The Kier molecular flexibility index (Phi) is 6.12. The molecular formula is C15H13F3N4O2S. The number of carbonyl (C=O) groups is 2. The molecule has 0 saturated heterocycles. The fraction of sp³-hybridized carbons (Fsp3) is 0.0667. The van der Waals surface area contributed by atoms with Crippen LogP contribution in [0.1, 0.15) is 0 Å². The Balaban J connectivity index is 1.78. The first-order valence-corrected chi connectivity index (χ1v) is 7.68. The lowest BCUT2D eigenvalue weighted by Crippen LogP contribution is -2.40. The van der Waals surface area contributed by atoms with Crippen LogP contribution in [0.3, 0.4) is 0 Å². The summed E-state index contributed by atoms with van der Waals surface area (Å²) in [7, 11) is 0. The van der Waals surface area contributed by atoms with Gasteiger partial charge in [-0.25, -0.2) is 4.79 Å². The first kappa shape index (κ1) is 18.5. The molecule has 0 heterocycles. The molecule has 0 fully saturated rings. The van der Waals surface area contributed by atoms with E-state index in [0.717, 1.165) is 11.9 Å². The summed E-state index contributed by atoms with van der Waals surface area (Å²) in [5.74, 6) is -2.09. The number of para-hydroxylation sites is 1. The van der Waals surface area contributed by atoms with Crippen LogP contribution in [0.15, 0.2) is 59.5 Å². The normalized spacial score (nSPS) is 10.7. The topological polar surface area (TPSA) is 82.3 Å². The standard InChI is InChI=1S/C15H13F3N4O2S/c16-15(17,18)13(23)21-20-11-6-8-12(9-7-11)25-22-14(24)19-10-4-2-1-3-5-10/h1-9,20H,(H,21,23)(H2,19,22,24). The summed E-state index contributed by atoms with van der Waals surface area (Å²) in [6.45, 7) is 0. The lowest BCUT2D eigenvalue weighted by atomic mass is 10.3. The number of hydrogen-bond donors (Lipinski definition) is 4. The lowest BCUT2D eigenvalue weighted by molar-refractivity contribution is -0.173. The van der Waals surface area contributed by atoms with Gasteiger partial charge in [0.15, 0.2) is 0 Å². The predicted molar refractivity (Wildman–Crippen MR) is 88.7 cm³/mol. The summed E-state index contributed by atoms with van der Waals surface area (Å²) in [6.07, 6.45) is -4.96. The van der Waals surface area contributed by atoms with E-state index in [1.165, 1.54) is 17.6 Å². The van der Waals surface area contributed by atoms with Crippen LogP contribution in [-0.2, 0) is 4.79 Å². The summed E-state index contributed by atoms with van der Waals surface area (Å²) < 4.78 is 38.7. The average molecular weight is 370 g/mol. The van der Waals surface area contributed by atoms with Gasteiger partial charge in [-0.15, -0.1) is 0 Å². The minimum absolute atomic E-state index is 0.260.